The highest BCUT2D eigenvalue weighted by Gasteiger charge is 2.25. The van der Waals surface area contributed by atoms with E-state index in [0.29, 0.717) is 17.5 Å². The molecule has 0 amide bonds. The van der Waals surface area contributed by atoms with E-state index in [1.807, 2.05) is 66.7 Å². The molecule has 5 heterocycles. The molecule has 0 fully saturated rings. The van der Waals surface area contributed by atoms with Crippen LogP contribution in [0.5, 0.6) is 0 Å². The number of nitrogens with zero attached hydrogens (tertiary/aromatic N) is 5. The van der Waals surface area contributed by atoms with Crippen LogP contribution in [0.4, 0.5) is 0 Å². The highest BCUT2D eigenvalue weighted by Crippen LogP contribution is 2.46. The summed E-state index contributed by atoms with van der Waals surface area (Å²) in [6.45, 7) is 0. The lowest BCUT2D eigenvalue weighted by Gasteiger charge is -2.13. The van der Waals surface area contributed by atoms with Gasteiger partial charge >= 0.3 is 0 Å². The Labute approximate surface area is 347 Å². The van der Waals surface area contributed by atoms with Crippen LogP contribution in [0, 0.1) is 0 Å². The van der Waals surface area contributed by atoms with E-state index < -0.39 is 0 Å². The second-order valence-corrected chi connectivity index (χ2v) is 15.9. The topological polar surface area (TPSA) is 61.2 Å². The number of hydrogen-bond donors (Lipinski definition) is 0. The van der Waals surface area contributed by atoms with Crippen LogP contribution in [-0.4, -0.2) is 23.9 Å². The predicted octanol–water partition coefficient (Wildman–Crippen LogP) is 14.2. The van der Waals surface area contributed by atoms with Gasteiger partial charge in [-0.3, -0.25) is 0 Å². The van der Waals surface area contributed by atoms with Gasteiger partial charge in [0, 0.05) is 65.2 Å². The van der Waals surface area contributed by atoms with E-state index in [4.69, 9.17) is 19.4 Å². The normalized spacial score (nSPS) is 12.3. The molecular formula is C55H31N5O. The first-order valence-corrected chi connectivity index (χ1v) is 20.6. The molecule has 6 heteroatoms. The molecule has 0 saturated carbocycles. The van der Waals surface area contributed by atoms with Gasteiger partial charge in [-0.15, -0.1) is 0 Å². The molecule has 14 rings (SSSR count). The highest BCUT2D eigenvalue weighted by atomic mass is 16.3. The third kappa shape index (κ3) is 4.48. The summed E-state index contributed by atoms with van der Waals surface area (Å²) in [6, 6.07) is 66.5. The van der Waals surface area contributed by atoms with Crippen molar-refractivity contribution in [3.63, 3.8) is 0 Å². The Balaban J connectivity index is 1.12. The van der Waals surface area contributed by atoms with Gasteiger partial charge in [-0.1, -0.05) is 152 Å². The van der Waals surface area contributed by atoms with Crippen LogP contribution in [0.3, 0.4) is 0 Å². The van der Waals surface area contributed by atoms with Crippen LogP contribution < -0.4 is 0 Å². The summed E-state index contributed by atoms with van der Waals surface area (Å²) in [7, 11) is 0. The number of aromatic nitrogens is 5. The minimum Gasteiger partial charge on any atom is -0.454 e. The molecule has 0 aliphatic rings. The molecule has 14 aromatic rings. The number of hydrogen-bond acceptors (Lipinski definition) is 4. The maximum Gasteiger partial charge on any atom is 0.164 e. The zero-order chi connectivity index (χ0) is 39.8. The van der Waals surface area contributed by atoms with Gasteiger partial charge in [-0.2, -0.15) is 0 Å². The van der Waals surface area contributed by atoms with Crippen LogP contribution >= 0.6 is 0 Å². The lowest BCUT2D eigenvalue weighted by atomic mass is 10.0. The summed E-state index contributed by atoms with van der Waals surface area (Å²) in [4.78, 5) is 15.4. The zero-order valence-electron chi connectivity index (χ0n) is 32.5. The molecule has 61 heavy (non-hydrogen) atoms. The fraction of sp³-hybridized carbons (Fsp3) is 0. The number of rotatable bonds is 4. The Morgan fingerprint density at radius 2 is 0.984 bits per heavy atom. The Kier molecular flexibility index (Phi) is 6.46. The van der Waals surface area contributed by atoms with Crippen molar-refractivity contribution in [1.82, 2.24) is 23.9 Å². The molecule has 0 bridgehead atoms. The van der Waals surface area contributed by atoms with Gasteiger partial charge in [0.2, 0.25) is 0 Å². The summed E-state index contributed by atoms with van der Waals surface area (Å²) in [5, 5.41) is 11.7. The number of fused-ring (bicyclic) bond motifs is 14. The van der Waals surface area contributed by atoms with Crippen LogP contribution in [0.2, 0.25) is 0 Å². The fourth-order valence-corrected chi connectivity index (χ4v) is 10.1. The zero-order valence-corrected chi connectivity index (χ0v) is 32.5. The summed E-state index contributed by atoms with van der Waals surface area (Å²) in [5.41, 5.74) is 11.1. The molecule has 282 valence electrons. The van der Waals surface area contributed by atoms with E-state index in [1.54, 1.807) is 0 Å². The Hall–Kier alpha value is -8.35. The smallest absolute Gasteiger partial charge is 0.164 e. The molecule has 0 N–H and O–H groups in total. The Morgan fingerprint density at radius 1 is 0.377 bits per heavy atom. The molecule has 5 aromatic heterocycles. The van der Waals surface area contributed by atoms with E-state index in [1.165, 1.54) is 59.6 Å². The Morgan fingerprint density at radius 3 is 1.77 bits per heavy atom. The third-order valence-electron chi connectivity index (χ3n) is 12.7. The highest BCUT2D eigenvalue weighted by molar-refractivity contribution is 6.28. The first-order chi connectivity index (χ1) is 30.3. The molecule has 0 unspecified atom stereocenters. The first-order valence-electron chi connectivity index (χ1n) is 20.6. The van der Waals surface area contributed by atoms with Crippen LogP contribution in [0.15, 0.2) is 192 Å². The van der Waals surface area contributed by atoms with E-state index in [0.717, 1.165) is 55.3 Å². The van der Waals surface area contributed by atoms with E-state index >= 15 is 0 Å². The van der Waals surface area contributed by atoms with Gasteiger partial charge < -0.3 is 13.4 Å². The largest absolute Gasteiger partial charge is 0.454 e. The van der Waals surface area contributed by atoms with Crippen LogP contribution in [0.1, 0.15) is 0 Å². The van der Waals surface area contributed by atoms with Crippen molar-refractivity contribution in [2.24, 2.45) is 0 Å². The second kappa shape index (κ2) is 12.1. The number of benzene rings is 9. The molecule has 6 nitrogen and oxygen atoms in total. The maximum atomic E-state index is 7.05. The summed E-state index contributed by atoms with van der Waals surface area (Å²) in [5.74, 6) is 1.82. The van der Waals surface area contributed by atoms with Crippen LogP contribution in [-0.2, 0) is 0 Å². The molecule has 0 aliphatic carbocycles. The molecule has 0 atom stereocenters. The van der Waals surface area contributed by atoms with Crippen molar-refractivity contribution < 1.29 is 4.42 Å². The van der Waals surface area contributed by atoms with Crippen molar-refractivity contribution in [3.8, 4) is 39.9 Å². The average molecular weight is 778 g/mol. The molecular weight excluding hydrogens is 747 g/mol. The van der Waals surface area contributed by atoms with Gasteiger partial charge in [-0.05, 0) is 41.8 Å². The van der Waals surface area contributed by atoms with Gasteiger partial charge in [0.15, 0.2) is 23.1 Å². The second-order valence-electron chi connectivity index (χ2n) is 15.9. The molecule has 0 saturated heterocycles. The van der Waals surface area contributed by atoms with E-state index in [-0.39, 0.29) is 0 Å². The molecule has 9 aromatic carbocycles. The van der Waals surface area contributed by atoms with Crippen molar-refractivity contribution >= 4 is 92.6 Å². The quantitative estimate of drug-likeness (QED) is 0.179. The SMILES string of the molecule is c1ccc(-c2nc(-c3ccccc3)nc(-c3ccc(-n4c5cc6c(cc5c5ccc7ccccc7c54)c4cccc5c7ccccc7n6c54)c4oc5ccccc5c34)n2)cc1. The average Bonchev–Trinajstić information content (AvgIpc) is 4.07. The monoisotopic (exact) mass is 777 g/mol. The molecule has 0 spiro atoms. The van der Waals surface area contributed by atoms with E-state index in [9.17, 15) is 0 Å². The maximum absolute atomic E-state index is 7.05. The van der Waals surface area contributed by atoms with Crippen LogP contribution in [0.25, 0.3) is 132 Å². The van der Waals surface area contributed by atoms with Crippen molar-refractivity contribution in [1.29, 1.82) is 0 Å². The lowest BCUT2D eigenvalue weighted by molar-refractivity contribution is 0.666. The predicted molar refractivity (Wildman–Crippen MR) is 250 cm³/mol. The van der Waals surface area contributed by atoms with Crippen molar-refractivity contribution in [3.05, 3.63) is 188 Å². The van der Waals surface area contributed by atoms with Gasteiger partial charge in [0.1, 0.15) is 5.58 Å². The molecule has 0 radical (unpaired) electrons. The lowest BCUT2D eigenvalue weighted by Crippen LogP contribution is -2.01. The summed E-state index contributed by atoms with van der Waals surface area (Å²) in [6.07, 6.45) is 0. The Bertz CT molecular complexity index is 4050. The minimum atomic E-state index is 0.586. The minimum absolute atomic E-state index is 0.586. The standard InChI is InChI=1S/C55H31N5O/c1-3-15-33(16-4-1)53-56-54(34-17-5-2-6-18-34)58-55(57-53)41-28-29-45(52-49(41)40-21-10-12-25-48(40)61-52)60-47-31-46-42(30-43(47)39-27-26-32-14-7-8-19-35(32)50(39)60)38-23-13-22-37-36-20-9-11-24-44(36)59(46)51(37)38/h1-31H. The van der Waals surface area contributed by atoms with Crippen molar-refractivity contribution in [2.75, 3.05) is 0 Å². The van der Waals surface area contributed by atoms with Gasteiger partial charge in [0.05, 0.1) is 33.3 Å². The van der Waals surface area contributed by atoms with Gasteiger partial charge in [0.25, 0.3) is 0 Å². The number of furan rings is 1. The first kappa shape index (κ1) is 32.6. The molecule has 0 aliphatic heterocycles. The van der Waals surface area contributed by atoms with Gasteiger partial charge in [-0.25, -0.2) is 15.0 Å². The fourth-order valence-electron chi connectivity index (χ4n) is 10.1. The summed E-state index contributed by atoms with van der Waals surface area (Å²) >= 11 is 0. The van der Waals surface area contributed by atoms with Crippen molar-refractivity contribution in [2.45, 2.75) is 0 Å². The van der Waals surface area contributed by atoms with E-state index in [2.05, 4.69) is 130 Å². The number of para-hydroxylation sites is 3. The summed E-state index contributed by atoms with van der Waals surface area (Å²) < 4.78 is 11.9. The third-order valence-corrected chi connectivity index (χ3v) is 12.7.